The third-order valence-electron chi connectivity index (χ3n) is 4.20. The van der Waals surface area contributed by atoms with Crippen LogP contribution in [0.2, 0.25) is 0 Å². The molecule has 2 aliphatic heterocycles. The fourth-order valence-corrected chi connectivity index (χ4v) is 4.73. The van der Waals surface area contributed by atoms with Crippen LogP contribution in [0.25, 0.3) is 0 Å². The lowest BCUT2D eigenvalue weighted by molar-refractivity contribution is 0.477. The van der Waals surface area contributed by atoms with E-state index in [-0.39, 0.29) is 0 Å². The van der Waals surface area contributed by atoms with Crippen LogP contribution in [-0.4, -0.2) is 48.9 Å². The lowest BCUT2D eigenvalue weighted by atomic mass is 10.3. The Kier molecular flexibility index (Phi) is 4.65. The molecule has 1 aromatic carbocycles. The van der Waals surface area contributed by atoms with E-state index in [0.717, 1.165) is 31.6 Å². The Hall–Kier alpha value is -1.18. The Morgan fingerprint density at radius 2 is 1.50 bits per heavy atom. The van der Waals surface area contributed by atoms with Crippen LogP contribution in [-0.2, 0) is 10.0 Å². The molecule has 2 fully saturated rings. The van der Waals surface area contributed by atoms with Gasteiger partial charge in [-0.2, -0.15) is 4.31 Å². The van der Waals surface area contributed by atoms with Crippen molar-refractivity contribution in [2.75, 3.05) is 31.5 Å². The van der Waals surface area contributed by atoms with E-state index in [4.69, 9.17) is 12.2 Å². The van der Waals surface area contributed by atoms with E-state index in [2.05, 4.69) is 10.2 Å². The first-order valence-electron chi connectivity index (χ1n) is 7.73. The van der Waals surface area contributed by atoms with Gasteiger partial charge in [0.15, 0.2) is 5.11 Å². The summed E-state index contributed by atoms with van der Waals surface area (Å²) >= 11 is 5.38. The molecule has 0 unspecified atom stereocenters. The van der Waals surface area contributed by atoms with E-state index in [9.17, 15) is 8.42 Å². The molecule has 0 saturated carbocycles. The fraction of sp³-hybridized carbons (Fsp3) is 0.533. The number of nitrogens with one attached hydrogen (secondary N) is 1. The molecule has 2 heterocycles. The summed E-state index contributed by atoms with van der Waals surface area (Å²) in [6.07, 6.45) is 4.25. The largest absolute Gasteiger partial charge is 0.349 e. The minimum absolute atomic E-state index is 0.354. The Morgan fingerprint density at radius 1 is 0.955 bits per heavy atom. The highest BCUT2D eigenvalue weighted by atomic mass is 32.2. The van der Waals surface area contributed by atoms with Crippen molar-refractivity contribution in [2.24, 2.45) is 0 Å². The second-order valence-corrected chi connectivity index (χ2v) is 8.08. The normalized spacial score (nSPS) is 19.5. The lowest BCUT2D eigenvalue weighted by Gasteiger charge is -2.20. The Bertz CT molecular complexity index is 631. The van der Waals surface area contributed by atoms with Crippen LogP contribution in [0.5, 0.6) is 0 Å². The SMILES string of the molecule is O=S(=O)(c1ccc(NC(=S)N2CCCC2)cc1)N1CCCC1. The number of sulfonamides is 1. The van der Waals surface area contributed by atoms with Crippen molar-refractivity contribution < 1.29 is 8.42 Å². The van der Waals surface area contributed by atoms with Crippen molar-refractivity contribution in [1.82, 2.24) is 9.21 Å². The predicted molar refractivity (Wildman–Crippen MR) is 91.5 cm³/mol. The van der Waals surface area contributed by atoms with Crippen LogP contribution in [0.3, 0.4) is 0 Å². The van der Waals surface area contributed by atoms with Gasteiger partial charge in [-0.1, -0.05) is 0 Å². The molecule has 0 bridgehead atoms. The first kappa shape index (κ1) is 15.7. The van der Waals surface area contributed by atoms with Gasteiger partial charge >= 0.3 is 0 Å². The monoisotopic (exact) mass is 339 g/mol. The highest BCUT2D eigenvalue weighted by Gasteiger charge is 2.26. The van der Waals surface area contributed by atoms with Crippen molar-refractivity contribution in [3.8, 4) is 0 Å². The first-order valence-corrected chi connectivity index (χ1v) is 9.58. The zero-order valence-corrected chi connectivity index (χ0v) is 14.1. The van der Waals surface area contributed by atoms with Gasteiger partial charge in [-0.25, -0.2) is 8.42 Å². The molecule has 0 spiro atoms. The molecule has 5 nitrogen and oxygen atoms in total. The summed E-state index contributed by atoms with van der Waals surface area (Å²) in [5.74, 6) is 0. The highest BCUT2D eigenvalue weighted by molar-refractivity contribution is 7.89. The molecule has 0 aromatic heterocycles. The van der Waals surface area contributed by atoms with Gasteiger partial charge in [-0.3, -0.25) is 0 Å². The minimum atomic E-state index is -3.34. The molecule has 7 heteroatoms. The fourth-order valence-electron chi connectivity index (χ4n) is 2.91. The summed E-state index contributed by atoms with van der Waals surface area (Å²) in [7, 11) is -3.34. The number of hydrogen-bond acceptors (Lipinski definition) is 3. The molecule has 0 amide bonds. The maximum atomic E-state index is 12.4. The highest BCUT2D eigenvalue weighted by Crippen LogP contribution is 2.22. The Labute approximate surface area is 137 Å². The van der Waals surface area contributed by atoms with Crippen LogP contribution in [0.15, 0.2) is 29.2 Å². The molecular weight excluding hydrogens is 318 g/mol. The number of rotatable bonds is 3. The van der Waals surface area contributed by atoms with Crippen molar-refractivity contribution in [3.05, 3.63) is 24.3 Å². The second kappa shape index (κ2) is 6.52. The summed E-state index contributed by atoms with van der Waals surface area (Å²) in [4.78, 5) is 2.50. The van der Waals surface area contributed by atoms with Gasteiger partial charge in [-0.05, 0) is 62.2 Å². The van der Waals surface area contributed by atoms with Gasteiger partial charge in [0.2, 0.25) is 10.0 Å². The summed E-state index contributed by atoms with van der Waals surface area (Å²) in [5, 5.41) is 3.90. The van der Waals surface area contributed by atoms with E-state index < -0.39 is 10.0 Å². The molecule has 0 radical (unpaired) electrons. The second-order valence-electron chi connectivity index (χ2n) is 5.76. The maximum absolute atomic E-state index is 12.4. The Morgan fingerprint density at radius 3 is 2.09 bits per heavy atom. The van der Waals surface area contributed by atoms with E-state index in [0.29, 0.717) is 23.1 Å². The number of likely N-dealkylation sites (tertiary alicyclic amines) is 1. The molecule has 22 heavy (non-hydrogen) atoms. The van der Waals surface area contributed by atoms with Crippen molar-refractivity contribution in [2.45, 2.75) is 30.6 Å². The summed E-state index contributed by atoms with van der Waals surface area (Å²) in [6.45, 7) is 3.24. The average Bonchev–Trinajstić information content (AvgIpc) is 3.21. The van der Waals surface area contributed by atoms with Gasteiger partial charge in [0, 0.05) is 31.9 Å². The molecule has 2 saturated heterocycles. The number of benzene rings is 1. The molecule has 120 valence electrons. The quantitative estimate of drug-likeness (QED) is 0.856. The average molecular weight is 339 g/mol. The zero-order valence-electron chi connectivity index (χ0n) is 12.5. The van der Waals surface area contributed by atoms with Crippen LogP contribution < -0.4 is 5.32 Å². The van der Waals surface area contributed by atoms with E-state index in [1.165, 1.54) is 12.8 Å². The van der Waals surface area contributed by atoms with Gasteiger partial charge in [-0.15, -0.1) is 0 Å². The van der Waals surface area contributed by atoms with Crippen LogP contribution in [0.1, 0.15) is 25.7 Å². The van der Waals surface area contributed by atoms with Crippen LogP contribution >= 0.6 is 12.2 Å². The Balaban J connectivity index is 1.68. The van der Waals surface area contributed by atoms with Crippen molar-refractivity contribution >= 4 is 33.0 Å². The topological polar surface area (TPSA) is 52.7 Å². The van der Waals surface area contributed by atoms with Crippen LogP contribution in [0.4, 0.5) is 5.69 Å². The van der Waals surface area contributed by atoms with Crippen molar-refractivity contribution in [1.29, 1.82) is 0 Å². The molecule has 0 aliphatic carbocycles. The predicted octanol–water partition coefficient (Wildman–Crippen LogP) is 2.26. The molecular formula is C15H21N3O2S2. The lowest BCUT2D eigenvalue weighted by Crippen LogP contribution is -2.31. The van der Waals surface area contributed by atoms with E-state index in [1.807, 2.05) is 0 Å². The number of hydrogen-bond donors (Lipinski definition) is 1. The minimum Gasteiger partial charge on any atom is -0.349 e. The molecule has 0 atom stereocenters. The summed E-state index contributed by atoms with van der Waals surface area (Å²) in [5.41, 5.74) is 0.831. The number of thiocarbonyl (C=S) groups is 1. The van der Waals surface area contributed by atoms with E-state index >= 15 is 0 Å². The number of anilines is 1. The van der Waals surface area contributed by atoms with Gasteiger partial charge in [0.25, 0.3) is 0 Å². The van der Waals surface area contributed by atoms with Gasteiger partial charge in [0.1, 0.15) is 0 Å². The van der Waals surface area contributed by atoms with Gasteiger partial charge < -0.3 is 10.2 Å². The third kappa shape index (κ3) is 3.26. The van der Waals surface area contributed by atoms with Crippen LogP contribution in [0, 0.1) is 0 Å². The van der Waals surface area contributed by atoms with E-state index in [1.54, 1.807) is 28.6 Å². The van der Waals surface area contributed by atoms with Gasteiger partial charge in [0.05, 0.1) is 4.90 Å². The zero-order chi connectivity index (χ0) is 15.6. The third-order valence-corrected chi connectivity index (χ3v) is 6.47. The molecule has 3 rings (SSSR count). The summed E-state index contributed by atoms with van der Waals surface area (Å²) < 4.78 is 26.5. The standard InChI is InChI=1S/C15H21N3O2S2/c19-22(20,18-11-3-4-12-18)14-7-5-13(6-8-14)16-15(21)17-9-1-2-10-17/h5-8H,1-4,9-12H2,(H,16,21). The number of nitrogens with zero attached hydrogens (tertiary/aromatic N) is 2. The van der Waals surface area contributed by atoms with Crippen molar-refractivity contribution in [3.63, 3.8) is 0 Å². The first-order chi connectivity index (χ1) is 10.6. The molecule has 1 aromatic rings. The molecule has 1 N–H and O–H groups in total. The summed E-state index contributed by atoms with van der Waals surface area (Å²) in [6, 6.07) is 6.88. The molecule has 2 aliphatic rings. The smallest absolute Gasteiger partial charge is 0.243 e. The maximum Gasteiger partial charge on any atom is 0.243 e.